The Labute approximate surface area is 163 Å². The van der Waals surface area contributed by atoms with Gasteiger partial charge in [0.2, 0.25) is 6.10 Å². The molecule has 0 fully saturated rings. The van der Waals surface area contributed by atoms with Crippen molar-refractivity contribution in [2.75, 3.05) is 13.7 Å². The molecule has 1 N–H and O–H groups in total. The van der Waals surface area contributed by atoms with Crippen molar-refractivity contribution in [1.29, 1.82) is 0 Å². The Kier molecular flexibility index (Phi) is 5.15. The van der Waals surface area contributed by atoms with Crippen LogP contribution in [0, 0.1) is 0 Å². The maximum absolute atomic E-state index is 12.9. The lowest BCUT2D eigenvalue weighted by Crippen LogP contribution is -2.45. The molecule has 142 valence electrons. The van der Waals surface area contributed by atoms with Crippen molar-refractivity contribution < 1.29 is 19.0 Å². The van der Waals surface area contributed by atoms with Crippen LogP contribution in [0.25, 0.3) is 0 Å². The molecular weight excluding hydrogens is 354 g/mol. The minimum absolute atomic E-state index is 0.174. The van der Waals surface area contributed by atoms with Gasteiger partial charge >= 0.3 is 0 Å². The van der Waals surface area contributed by atoms with E-state index in [1.54, 1.807) is 13.2 Å². The second-order valence-corrected chi connectivity index (χ2v) is 6.49. The van der Waals surface area contributed by atoms with Crippen molar-refractivity contribution in [3.8, 4) is 17.2 Å². The van der Waals surface area contributed by atoms with Crippen molar-refractivity contribution in [3.05, 3.63) is 90.0 Å². The molecule has 1 aliphatic heterocycles. The summed E-state index contributed by atoms with van der Waals surface area (Å²) in [7, 11) is 1.63. The van der Waals surface area contributed by atoms with Gasteiger partial charge in [-0.2, -0.15) is 0 Å². The van der Waals surface area contributed by atoms with Gasteiger partial charge < -0.3 is 19.5 Å². The zero-order valence-corrected chi connectivity index (χ0v) is 15.5. The molecule has 5 nitrogen and oxygen atoms in total. The Bertz CT molecular complexity index is 940. The number of hydrogen-bond acceptors (Lipinski definition) is 4. The number of fused-ring (bicyclic) bond motifs is 1. The van der Waals surface area contributed by atoms with Crippen LogP contribution in [0.3, 0.4) is 0 Å². The lowest BCUT2D eigenvalue weighted by molar-refractivity contribution is -0.130. The Morgan fingerprint density at radius 1 is 0.929 bits per heavy atom. The minimum atomic E-state index is -0.709. The molecule has 1 heterocycles. The molecule has 5 heteroatoms. The van der Waals surface area contributed by atoms with E-state index >= 15 is 0 Å². The smallest absolute Gasteiger partial charge is 0.265 e. The third-order valence-corrected chi connectivity index (χ3v) is 4.67. The first-order valence-corrected chi connectivity index (χ1v) is 9.12. The number of carbonyl (C=O) groups excluding carboxylic acids is 1. The fourth-order valence-electron chi connectivity index (χ4n) is 3.18. The first kappa shape index (κ1) is 17.9. The fraction of sp³-hybridized carbons (Fsp3) is 0.174. The average Bonchev–Trinajstić information content (AvgIpc) is 2.77. The van der Waals surface area contributed by atoms with Gasteiger partial charge in [0.25, 0.3) is 5.91 Å². The molecule has 0 saturated carbocycles. The van der Waals surface area contributed by atoms with Crippen molar-refractivity contribution in [3.63, 3.8) is 0 Å². The van der Waals surface area contributed by atoms with E-state index in [0.29, 0.717) is 11.5 Å². The summed E-state index contributed by atoms with van der Waals surface area (Å²) in [5.41, 5.74) is 1.94. The van der Waals surface area contributed by atoms with E-state index in [9.17, 15) is 4.79 Å². The third-order valence-electron chi connectivity index (χ3n) is 4.67. The summed E-state index contributed by atoms with van der Waals surface area (Å²) in [6, 6.07) is 24.5. The molecule has 2 unspecified atom stereocenters. The quantitative estimate of drug-likeness (QED) is 0.738. The number of amides is 1. The highest BCUT2D eigenvalue weighted by Gasteiger charge is 2.29. The highest BCUT2D eigenvalue weighted by Crippen LogP contribution is 2.31. The van der Waals surface area contributed by atoms with Crippen molar-refractivity contribution >= 4 is 5.91 Å². The number of benzene rings is 3. The van der Waals surface area contributed by atoms with Crippen LogP contribution in [0.4, 0.5) is 0 Å². The van der Waals surface area contributed by atoms with Crippen LogP contribution in [0.15, 0.2) is 78.9 Å². The summed E-state index contributed by atoms with van der Waals surface area (Å²) in [5.74, 6) is 1.78. The number of nitrogens with one attached hydrogen (secondary N) is 1. The summed E-state index contributed by atoms with van der Waals surface area (Å²) < 4.78 is 16.8. The molecule has 3 aromatic carbocycles. The average molecular weight is 375 g/mol. The van der Waals surface area contributed by atoms with E-state index in [1.165, 1.54) is 0 Å². The van der Waals surface area contributed by atoms with Crippen LogP contribution >= 0.6 is 0 Å². The van der Waals surface area contributed by atoms with E-state index < -0.39 is 6.10 Å². The maximum Gasteiger partial charge on any atom is 0.265 e. The van der Waals surface area contributed by atoms with Crippen LogP contribution < -0.4 is 19.5 Å². The van der Waals surface area contributed by atoms with E-state index in [2.05, 4.69) is 5.32 Å². The number of methoxy groups -OCH3 is 1. The van der Waals surface area contributed by atoms with Gasteiger partial charge in [-0.05, 0) is 35.4 Å². The number of para-hydroxylation sites is 2. The maximum atomic E-state index is 12.9. The largest absolute Gasteiger partial charge is 0.497 e. The van der Waals surface area contributed by atoms with Gasteiger partial charge in [0, 0.05) is 0 Å². The predicted molar refractivity (Wildman–Crippen MR) is 106 cm³/mol. The molecule has 0 aromatic heterocycles. The van der Waals surface area contributed by atoms with E-state index in [0.717, 1.165) is 16.9 Å². The first-order valence-electron chi connectivity index (χ1n) is 9.12. The number of hydrogen-bond donors (Lipinski definition) is 1. The number of ether oxygens (including phenoxy) is 3. The molecule has 1 amide bonds. The molecule has 0 spiro atoms. The van der Waals surface area contributed by atoms with E-state index in [4.69, 9.17) is 14.2 Å². The molecule has 0 aliphatic carbocycles. The van der Waals surface area contributed by atoms with Gasteiger partial charge in [-0.25, -0.2) is 0 Å². The predicted octanol–water partition coefficient (Wildman–Crippen LogP) is 3.74. The Morgan fingerprint density at radius 3 is 2.29 bits per heavy atom. The minimum Gasteiger partial charge on any atom is -0.497 e. The van der Waals surface area contributed by atoms with Crippen LogP contribution in [0.1, 0.15) is 17.2 Å². The van der Waals surface area contributed by atoms with Crippen molar-refractivity contribution in [1.82, 2.24) is 5.32 Å². The normalized spacial score (nSPS) is 16.1. The van der Waals surface area contributed by atoms with Gasteiger partial charge in [-0.3, -0.25) is 4.79 Å². The first-order chi connectivity index (χ1) is 13.7. The second-order valence-electron chi connectivity index (χ2n) is 6.49. The highest BCUT2D eigenvalue weighted by molar-refractivity contribution is 5.82. The van der Waals surface area contributed by atoms with Crippen LogP contribution in [-0.4, -0.2) is 25.7 Å². The molecule has 0 radical (unpaired) electrons. The summed E-state index contributed by atoms with van der Waals surface area (Å²) in [5, 5.41) is 3.10. The van der Waals surface area contributed by atoms with Crippen LogP contribution in [-0.2, 0) is 4.79 Å². The lowest BCUT2D eigenvalue weighted by Gasteiger charge is -2.28. The fourth-order valence-corrected chi connectivity index (χ4v) is 3.18. The molecule has 3 aromatic rings. The van der Waals surface area contributed by atoms with Crippen LogP contribution in [0.2, 0.25) is 0 Å². The zero-order chi connectivity index (χ0) is 19.3. The molecule has 2 atom stereocenters. The SMILES string of the molecule is COc1ccc(C(NC(=O)C2COc3ccccc3O2)c2ccccc2)cc1. The molecular formula is C23H21NO4. The summed E-state index contributed by atoms with van der Waals surface area (Å²) in [6.45, 7) is 0.174. The van der Waals surface area contributed by atoms with Gasteiger partial charge in [0.05, 0.1) is 13.2 Å². The third kappa shape index (κ3) is 3.78. The molecule has 1 aliphatic rings. The van der Waals surface area contributed by atoms with Crippen molar-refractivity contribution in [2.24, 2.45) is 0 Å². The standard InChI is InChI=1S/C23H21NO4/c1-26-18-13-11-17(12-14-18)22(16-7-3-2-4-8-16)24-23(25)21-15-27-19-9-5-6-10-20(19)28-21/h2-14,21-22H,15H2,1H3,(H,24,25). The highest BCUT2D eigenvalue weighted by atomic mass is 16.6. The monoisotopic (exact) mass is 375 g/mol. The second kappa shape index (κ2) is 8.05. The van der Waals surface area contributed by atoms with E-state index in [1.807, 2.05) is 72.8 Å². The summed E-state index contributed by atoms with van der Waals surface area (Å²) in [4.78, 5) is 12.9. The van der Waals surface area contributed by atoms with E-state index in [-0.39, 0.29) is 18.6 Å². The van der Waals surface area contributed by atoms with Gasteiger partial charge in [-0.1, -0.05) is 54.6 Å². The Hall–Kier alpha value is -3.47. The molecule has 28 heavy (non-hydrogen) atoms. The lowest BCUT2D eigenvalue weighted by atomic mass is 9.98. The number of rotatable bonds is 5. The number of carbonyl (C=O) groups is 1. The van der Waals surface area contributed by atoms with Gasteiger partial charge in [-0.15, -0.1) is 0 Å². The zero-order valence-electron chi connectivity index (χ0n) is 15.5. The van der Waals surface area contributed by atoms with Gasteiger partial charge in [0.1, 0.15) is 12.4 Å². The summed E-state index contributed by atoms with van der Waals surface area (Å²) >= 11 is 0. The topological polar surface area (TPSA) is 56.8 Å². The molecule has 0 saturated heterocycles. The van der Waals surface area contributed by atoms with Crippen LogP contribution in [0.5, 0.6) is 17.2 Å². The Balaban J connectivity index is 1.56. The van der Waals surface area contributed by atoms with Crippen molar-refractivity contribution in [2.45, 2.75) is 12.1 Å². The van der Waals surface area contributed by atoms with Gasteiger partial charge in [0.15, 0.2) is 11.5 Å². The Morgan fingerprint density at radius 2 is 1.57 bits per heavy atom. The molecule has 4 rings (SSSR count). The summed E-state index contributed by atoms with van der Waals surface area (Å²) in [6.07, 6.45) is -0.709. The molecule has 0 bridgehead atoms.